The fourth-order valence-electron chi connectivity index (χ4n) is 2.61. The van der Waals surface area contributed by atoms with Crippen molar-refractivity contribution in [2.24, 2.45) is 5.73 Å². The molecule has 0 aliphatic heterocycles. The van der Waals surface area contributed by atoms with E-state index in [1.807, 2.05) is 18.2 Å². The Morgan fingerprint density at radius 1 is 1.50 bits per heavy atom. The Kier molecular flexibility index (Phi) is 5.31. The summed E-state index contributed by atoms with van der Waals surface area (Å²) in [4.78, 5) is 3.28. The number of hydrogen-bond donors (Lipinski definition) is 3. The van der Waals surface area contributed by atoms with Gasteiger partial charge in [-0.05, 0) is 37.1 Å². The first-order chi connectivity index (χ1) is 9.69. The number of hydrogen-bond acceptors (Lipinski definition) is 4. The van der Waals surface area contributed by atoms with E-state index in [1.165, 1.54) is 6.42 Å². The largest absolute Gasteiger partial charge is 0.395 e. The van der Waals surface area contributed by atoms with Crippen molar-refractivity contribution in [1.29, 1.82) is 5.41 Å². The Balaban J connectivity index is 2.41. The van der Waals surface area contributed by atoms with Crippen molar-refractivity contribution in [3.8, 4) is 0 Å². The van der Waals surface area contributed by atoms with Crippen LogP contribution in [-0.4, -0.2) is 35.9 Å². The Bertz CT molecular complexity index is 474. The topological polar surface area (TPSA) is 73.3 Å². The first-order valence-corrected chi connectivity index (χ1v) is 8.15. The van der Waals surface area contributed by atoms with E-state index >= 15 is 0 Å². The van der Waals surface area contributed by atoms with Crippen LogP contribution in [0.5, 0.6) is 0 Å². The van der Waals surface area contributed by atoms with Crippen molar-refractivity contribution >= 4 is 23.3 Å². The molecule has 110 valence electrons. The molecule has 0 amide bonds. The van der Waals surface area contributed by atoms with Crippen LogP contribution in [0, 0.1) is 5.41 Å². The molecule has 1 fully saturated rings. The van der Waals surface area contributed by atoms with E-state index in [9.17, 15) is 5.11 Å². The lowest BCUT2D eigenvalue weighted by molar-refractivity contribution is 0.283. The fraction of sp³-hybridized carbons (Fsp3) is 0.533. The second-order valence-electron chi connectivity index (χ2n) is 5.00. The predicted octanol–water partition coefficient (Wildman–Crippen LogP) is 2.43. The monoisotopic (exact) mass is 293 g/mol. The molecule has 0 aromatic heterocycles. The zero-order chi connectivity index (χ0) is 14.5. The summed E-state index contributed by atoms with van der Waals surface area (Å²) in [6.07, 6.45) is 3.55. The number of anilines is 1. The normalized spacial score (nSPS) is 14.9. The first-order valence-electron chi connectivity index (χ1n) is 7.16. The molecule has 0 atom stereocenters. The van der Waals surface area contributed by atoms with Crippen LogP contribution in [0.2, 0.25) is 0 Å². The standard InChI is InChI=1S/C15H23N3OS/c1-2-20-13-8-4-7-12(14(13)15(16)17)18(9-10-19)11-5-3-6-11/h4,7-8,11,19H,2-3,5-6,9-10H2,1H3,(H3,16,17). The molecule has 4 nitrogen and oxygen atoms in total. The highest BCUT2D eigenvalue weighted by Gasteiger charge is 2.27. The Hall–Kier alpha value is -1.20. The highest BCUT2D eigenvalue weighted by Crippen LogP contribution is 2.35. The van der Waals surface area contributed by atoms with Crippen molar-refractivity contribution in [3.05, 3.63) is 23.8 Å². The van der Waals surface area contributed by atoms with Crippen molar-refractivity contribution in [2.45, 2.75) is 37.1 Å². The maximum atomic E-state index is 9.34. The van der Waals surface area contributed by atoms with E-state index in [4.69, 9.17) is 11.1 Å². The fourth-order valence-corrected chi connectivity index (χ4v) is 3.46. The number of nitrogen functional groups attached to an aromatic ring is 1. The number of benzene rings is 1. The van der Waals surface area contributed by atoms with Crippen molar-refractivity contribution in [1.82, 2.24) is 0 Å². The van der Waals surface area contributed by atoms with Crippen molar-refractivity contribution in [3.63, 3.8) is 0 Å². The van der Waals surface area contributed by atoms with Gasteiger partial charge in [0.15, 0.2) is 0 Å². The second-order valence-corrected chi connectivity index (χ2v) is 6.30. The summed E-state index contributed by atoms with van der Waals surface area (Å²) >= 11 is 1.71. The molecular formula is C15H23N3OS. The van der Waals surface area contributed by atoms with Crippen molar-refractivity contribution in [2.75, 3.05) is 23.8 Å². The molecule has 1 aliphatic carbocycles. The molecule has 0 saturated heterocycles. The number of thioether (sulfide) groups is 1. The third-order valence-corrected chi connectivity index (χ3v) is 4.68. The quantitative estimate of drug-likeness (QED) is 0.410. The summed E-state index contributed by atoms with van der Waals surface area (Å²) in [6.45, 7) is 2.82. The van der Waals surface area contributed by atoms with Gasteiger partial charge in [0.25, 0.3) is 0 Å². The molecule has 1 aromatic carbocycles. The van der Waals surface area contributed by atoms with E-state index in [-0.39, 0.29) is 12.4 Å². The molecule has 0 heterocycles. The number of aliphatic hydroxyl groups is 1. The summed E-state index contributed by atoms with van der Waals surface area (Å²) in [5.41, 5.74) is 7.63. The SMILES string of the molecule is CCSc1cccc(N(CCO)C2CCC2)c1C(=N)N. The minimum Gasteiger partial charge on any atom is -0.395 e. The van der Waals surface area contributed by atoms with Gasteiger partial charge < -0.3 is 15.7 Å². The lowest BCUT2D eigenvalue weighted by Gasteiger charge is -2.40. The summed E-state index contributed by atoms with van der Waals surface area (Å²) in [5, 5.41) is 17.2. The molecule has 1 saturated carbocycles. The van der Waals surface area contributed by atoms with Gasteiger partial charge in [0.05, 0.1) is 12.2 Å². The predicted molar refractivity (Wildman–Crippen MR) is 85.9 cm³/mol. The summed E-state index contributed by atoms with van der Waals surface area (Å²) in [5.74, 6) is 1.06. The number of nitrogens with one attached hydrogen (secondary N) is 1. The highest BCUT2D eigenvalue weighted by atomic mass is 32.2. The van der Waals surface area contributed by atoms with Crippen LogP contribution in [0.25, 0.3) is 0 Å². The number of aliphatic hydroxyl groups excluding tert-OH is 1. The molecule has 4 N–H and O–H groups in total. The number of amidine groups is 1. The summed E-state index contributed by atoms with van der Waals surface area (Å²) < 4.78 is 0. The molecule has 1 aromatic rings. The van der Waals surface area contributed by atoms with Crippen LogP contribution < -0.4 is 10.6 Å². The molecule has 1 aliphatic rings. The van der Waals surface area contributed by atoms with Gasteiger partial charge in [-0.2, -0.15) is 0 Å². The molecule has 0 unspecified atom stereocenters. The van der Waals surface area contributed by atoms with Gasteiger partial charge in [0.1, 0.15) is 5.84 Å². The van der Waals surface area contributed by atoms with E-state index in [1.54, 1.807) is 11.8 Å². The van der Waals surface area contributed by atoms with Gasteiger partial charge in [-0.3, -0.25) is 5.41 Å². The summed E-state index contributed by atoms with van der Waals surface area (Å²) in [6, 6.07) is 6.53. The van der Waals surface area contributed by atoms with Crippen LogP contribution in [-0.2, 0) is 0 Å². The van der Waals surface area contributed by atoms with Crippen LogP contribution in [0.15, 0.2) is 23.1 Å². The van der Waals surface area contributed by atoms with Crippen LogP contribution in [0.1, 0.15) is 31.7 Å². The third-order valence-electron chi connectivity index (χ3n) is 3.74. The van der Waals surface area contributed by atoms with E-state index < -0.39 is 0 Å². The van der Waals surface area contributed by atoms with E-state index in [2.05, 4.69) is 11.8 Å². The maximum absolute atomic E-state index is 9.34. The Morgan fingerprint density at radius 3 is 2.75 bits per heavy atom. The lowest BCUT2D eigenvalue weighted by Crippen LogP contribution is -2.43. The van der Waals surface area contributed by atoms with Gasteiger partial charge in [-0.1, -0.05) is 13.0 Å². The van der Waals surface area contributed by atoms with Gasteiger partial charge >= 0.3 is 0 Å². The van der Waals surface area contributed by atoms with Gasteiger partial charge in [-0.15, -0.1) is 11.8 Å². The first kappa shape index (κ1) is 15.2. The van der Waals surface area contributed by atoms with Crippen molar-refractivity contribution < 1.29 is 5.11 Å². The molecule has 5 heteroatoms. The zero-order valence-electron chi connectivity index (χ0n) is 11.9. The van der Waals surface area contributed by atoms with Gasteiger partial charge in [0, 0.05) is 23.2 Å². The van der Waals surface area contributed by atoms with E-state index in [0.29, 0.717) is 12.6 Å². The smallest absolute Gasteiger partial charge is 0.126 e. The van der Waals surface area contributed by atoms with Gasteiger partial charge in [-0.25, -0.2) is 0 Å². The Morgan fingerprint density at radius 2 is 2.25 bits per heavy atom. The van der Waals surface area contributed by atoms with Gasteiger partial charge in [0.2, 0.25) is 0 Å². The minimum atomic E-state index is 0.110. The zero-order valence-corrected chi connectivity index (χ0v) is 12.7. The lowest BCUT2D eigenvalue weighted by atomic mass is 9.90. The van der Waals surface area contributed by atoms with E-state index in [0.717, 1.165) is 34.7 Å². The average Bonchev–Trinajstić information content (AvgIpc) is 2.36. The molecule has 0 bridgehead atoms. The average molecular weight is 293 g/mol. The number of nitrogens with two attached hydrogens (primary N) is 1. The van der Waals surface area contributed by atoms with Crippen LogP contribution in [0.4, 0.5) is 5.69 Å². The Labute approximate surface area is 124 Å². The highest BCUT2D eigenvalue weighted by molar-refractivity contribution is 7.99. The molecule has 20 heavy (non-hydrogen) atoms. The third kappa shape index (κ3) is 3.10. The molecule has 0 spiro atoms. The molecule has 0 radical (unpaired) electrons. The number of rotatable bonds is 7. The minimum absolute atomic E-state index is 0.110. The summed E-state index contributed by atoms with van der Waals surface area (Å²) in [7, 11) is 0. The van der Waals surface area contributed by atoms with Crippen LogP contribution >= 0.6 is 11.8 Å². The molecular weight excluding hydrogens is 270 g/mol. The maximum Gasteiger partial charge on any atom is 0.126 e. The second kappa shape index (κ2) is 6.99. The molecule has 2 rings (SSSR count). The van der Waals surface area contributed by atoms with Crippen LogP contribution in [0.3, 0.4) is 0 Å². The number of nitrogens with zero attached hydrogens (tertiary/aromatic N) is 1.